The van der Waals surface area contributed by atoms with E-state index in [0.29, 0.717) is 12.1 Å². The highest BCUT2D eigenvalue weighted by molar-refractivity contribution is 5.30. The maximum Gasteiger partial charge on any atom is 0.225 e. The van der Waals surface area contributed by atoms with Crippen molar-refractivity contribution in [3.8, 4) is 5.75 Å². The number of nitrogens with zero attached hydrogens (tertiary/aromatic N) is 4. The molecule has 2 aromatic rings. The predicted octanol–water partition coefficient (Wildman–Crippen LogP) is 2.21. The number of fused-ring (bicyclic) bond motifs is 1. The minimum atomic E-state index is 0.299. The van der Waals surface area contributed by atoms with E-state index in [9.17, 15) is 0 Å². The molecule has 1 unspecified atom stereocenters. The first-order chi connectivity index (χ1) is 11.4. The van der Waals surface area contributed by atoms with Crippen molar-refractivity contribution in [1.82, 2.24) is 14.9 Å². The Bertz CT molecular complexity index is 621. The molecule has 3 heterocycles. The molecule has 23 heavy (non-hydrogen) atoms. The summed E-state index contributed by atoms with van der Waals surface area (Å²) >= 11 is 0. The molecule has 1 aromatic heterocycles. The fourth-order valence-electron chi connectivity index (χ4n) is 3.56. The van der Waals surface area contributed by atoms with Gasteiger partial charge in [0.15, 0.2) is 0 Å². The fourth-order valence-corrected chi connectivity index (χ4v) is 3.56. The van der Waals surface area contributed by atoms with Crippen molar-refractivity contribution >= 4 is 5.95 Å². The van der Waals surface area contributed by atoms with Crippen molar-refractivity contribution < 1.29 is 4.74 Å². The highest BCUT2D eigenvalue weighted by Gasteiger charge is 2.34. The number of piperidine rings is 1. The highest BCUT2D eigenvalue weighted by Crippen LogP contribution is 2.25. The average Bonchev–Trinajstić information content (AvgIpc) is 2.63. The van der Waals surface area contributed by atoms with Crippen LogP contribution in [0.3, 0.4) is 0 Å². The summed E-state index contributed by atoms with van der Waals surface area (Å²) < 4.78 is 6.14. The quantitative estimate of drug-likeness (QED) is 0.869. The van der Waals surface area contributed by atoms with Gasteiger partial charge in [-0.15, -0.1) is 0 Å². The Labute approximate surface area is 136 Å². The third kappa shape index (κ3) is 3.29. The Hall–Kier alpha value is -2.14. The first-order valence-electron chi connectivity index (χ1n) is 8.36. The number of aromatic nitrogens is 2. The van der Waals surface area contributed by atoms with E-state index in [1.54, 1.807) is 0 Å². The van der Waals surface area contributed by atoms with Gasteiger partial charge in [0.25, 0.3) is 0 Å². The van der Waals surface area contributed by atoms with Crippen LogP contribution in [0.25, 0.3) is 0 Å². The SMILES string of the molecule is c1ccc(O[C@@H]2CCC3CN(c4ncccn4)CCN3C2)cc1. The summed E-state index contributed by atoms with van der Waals surface area (Å²) in [5.74, 6) is 1.84. The van der Waals surface area contributed by atoms with Gasteiger partial charge in [-0.25, -0.2) is 9.97 Å². The van der Waals surface area contributed by atoms with Crippen molar-refractivity contribution in [2.24, 2.45) is 0 Å². The summed E-state index contributed by atoms with van der Waals surface area (Å²) in [6, 6.07) is 12.6. The number of hydrogen-bond donors (Lipinski definition) is 0. The fraction of sp³-hybridized carbons (Fsp3) is 0.444. The molecule has 2 fully saturated rings. The molecule has 2 saturated heterocycles. The van der Waals surface area contributed by atoms with Gasteiger partial charge in [-0.05, 0) is 31.0 Å². The van der Waals surface area contributed by atoms with Crippen LogP contribution in [0.4, 0.5) is 5.95 Å². The lowest BCUT2D eigenvalue weighted by atomic mass is 9.97. The van der Waals surface area contributed by atoms with Gasteiger partial charge in [0, 0.05) is 44.6 Å². The number of ether oxygens (including phenoxy) is 1. The highest BCUT2D eigenvalue weighted by atomic mass is 16.5. The lowest BCUT2D eigenvalue weighted by Gasteiger charge is -2.46. The van der Waals surface area contributed by atoms with Crippen LogP contribution >= 0.6 is 0 Å². The van der Waals surface area contributed by atoms with E-state index in [-0.39, 0.29) is 0 Å². The molecule has 0 aliphatic carbocycles. The molecule has 2 atom stereocenters. The smallest absolute Gasteiger partial charge is 0.225 e. The van der Waals surface area contributed by atoms with Gasteiger partial charge in [-0.1, -0.05) is 18.2 Å². The van der Waals surface area contributed by atoms with Crippen LogP contribution in [-0.2, 0) is 0 Å². The zero-order valence-corrected chi connectivity index (χ0v) is 13.2. The molecule has 0 amide bonds. The van der Waals surface area contributed by atoms with Gasteiger partial charge in [0.1, 0.15) is 11.9 Å². The van der Waals surface area contributed by atoms with E-state index in [2.05, 4.69) is 19.8 Å². The van der Waals surface area contributed by atoms with E-state index in [1.807, 2.05) is 48.8 Å². The summed E-state index contributed by atoms with van der Waals surface area (Å²) in [5.41, 5.74) is 0. The summed E-state index contributed by atoms with van der Waals surface area (Å²) in [6.07, 6.45) is 6.21. The first kappa shape index (κ1) is 14.5. The number of anilines is 1. The molecule has 5 nitrogen and oxygen atoms in total. The monoisotopic (exact) mass is 310 g/mol. The lowest BCUT2D eigenvalue weighted by molar-refractivity contribution is 0.0430. The number of piperazine rings is 1. The van der Waals surface area contributed by atoms with Crippen LogP contribution in [0, 0.1) is 0 Å². The minimum absolute atomic E-state index is 0.299. The molecule has 0 spiro atoms. The average molecular weight is 310 g/mol. The van der Waals surface area contributed by atoms with Gasteiger partial charge in [-0.2, -0.15) is 0 Å². The molecular weight excluding hydrogens is 288 g/mol. The zero-order chi connectivity index (χ0) is 15.5. The third-order valence-corrected chi connectivity index (χ3v) is 4.75. The molecule has 2 aliphatic rings. The summed E-state index contributed by atoms with van der Waals surface area (Å²) in [6.45, 7) is 4.07. The van der Waals surface area contributed by atoms with Crippen LogP contribution in [0.1, 0.15) is 12.8 Å². The lowest BCUT2D eigenvalue weighted by Crippen LogP contribution is -2.58. The topological polar surface area (TPSA) is 41.5 Å². The second-order valence-corrected chi connectivity index (χ2v) is 6.27. The van der Waals surface area contributed by atoms with Crippen molar-refractivity contribution in [1.29, 1.82) is 0 Å². The molecule has 5 heteroatoms. The summed E-state index contributed by atoms with van der Waals surface area (Å²) in [7, 11) is 0. The van der Waals surface area contributed by atoms with E-state index in [4.69, 9.17) is 4.74 Å². The molecule has 4 rings (SSSR count). The summed E-state index contributed by atoms with van der Waals surface area (Å²) in [4.78, 5) is 13.6. The number of para-hydroxylation sites is 1. The van der Waals surface area contributed by atoms with E-state index in [1.165, 1.54) is 6.42 Å². The second-order valence-electron chi connectivity index (χ2n) is 6.27. The van der Waals surface area contributed by atoms with Crippen molar-refractivity contribution in [3.63, 3.8) is 0 Å². The van der Waals surface area contributed by atoms with Crippen molar-refractivity contribution in [2.45, 2.75) is 25.0 Å². The van der Waals surface area contributed by atoms with Gasteiger partial charge < -0.3 is 9.64 Å². The Morgan fingerprint density at radius 2 is 1.74 bits per heavy atom. The molecular formula is C18H22N4O. The van der Waals surface area contributed by atoms with Crippen LogP contribution in [-0.4, -0.2) is 53.2 Å². The molecule has 1 aromatic carbocycles. The Morgan fingerprint density at radius 3 is 2.57 bits per heavy atom. The predicted molar refractivity (Wildman–Crippen MR) is 89.7 cm³/mol. The molecule has 0 radical (unpaired) electrons. The number of hydrogen-bond acceptors (Lipinski definition) is 5. The standard InChI is InChI=1S/C18H22N4O/c1-2-5-16(6-3-1)23-17-8-7-15-13-22(12-11-21(15)14-17)18-19-9-4-10-20-18/h1-6,9-10,15,17H,7-8,11-14H2/t15?,17-/m1/s1. The maximum absolute atomic E-state index is 6.14. The van der Waals surface area contributed by atoms with Crippen molar-refractivity contribution in [2.75, 3.05) is 31.1 Å². The summed E-state index contributed by atoms with van der Waals surface area (Å²) in [5, 5.41) is 0. The van der Waals surface area contributed by atoms with E-state index >= 15 is 0 Å². The number of rotatable bonds is 3. The Kier molecular flexibility index (Phi) is 4.11. The molecule has 120 valence electrons. The maximum atomic E-state index is 6.14. The Balaban J connectivity index is 1.36. The van der Waals surface area contributed by atoms with Crippen LogP contribution < -0.4 is 9.64 Å². The second kappa shape index (κ2) is 6.54. The van der Waals surface area contributed by atoms with Crippen LogP contribution in [0.2, 0.25) is 0 Å². The number of benzene rings is 1. The van der Waals surface area contributed by atoms with Gasteiger partial charge in [0.05, 0.1) is 0 Å². The minimum Gasteiger partial charge on any atom is -0.489 e. The van der Waals surface area contributed by atoms with Crippen LogP contribution in [0.15, 0.2) is 48.8 Å². The van der Waals surface area contributed by atoms with E-state index in [0.717, 1.165) is 44.3 Å². The van der Waals surface area contributed by atoms with Crippen molar-refractivity contribution in [3.05, 3.63) is 48.8 Å². The molecule has 0 saturated carbocycles. The third-order valence-electron chi connectivity index (χ3n) is 4.75. The zero-order valence-electron chi connectivity index (χ0n) is 13.2. The van der Waals surface area contributed by atoms with Crippen LogP contribution in [0.5, 0.6) is 5.75 Å². The van der Waals surface area contributed by atoms with E-state index < -0.39 is 0 Å². The van der Waals surface area contributed by atoms with Gasteiger partial charge in [0.2, 0.25) is 5.95 Å². The first-order valence-corrected chi connectivity index (χ1v) is 8.36. The largest absolute Gasteiger partial charge is 0.489 e. The molecule has 0 bridgehead atoms. The molecule has 2 aliphatic heterocycles. The normalized spacial score (nSPS) is 25.0. The Morgan fingerprint density at radius 1 is 0.913 bits per heavy atom. The molecule has 0 N–H and O–H groups in total. The van der Waals surface area contributed by atoms with Gasteiger partial charge >= 0.3 is 0 Å². The van der Waals surface area contributed by atoms with Gasteiger partial charge in [-0.3, -0.25) is 4.90 Å².